The number of amides is 1. The molecule has 0 spiro atoms. The first-order valence-corrected chi connectivity index (χ1v) is 12.7. The summed E-state index contributed by atoms with van der Waals surface area (Å²) in [5, 5.41) is 7.05. The van der Waals surface area contributed by atoms with Crippen molar-refractivity contribution >= 4 is 32.4 Å². The summed E-state index contributed by atoms with van der Waals surface area (Å²) >= 11 is 0. The number of methoxy groups -OCH3 is 1. The normalized spacial score (nSPS) is 15.3. The third kappa shape index (κ3) is 3.90. The van der Waals surface area contributed by atoms with E-state index in [4.69, 9.17) is 4.74 Å². The molecule has 1 aliphatic heterocycles. The summed E-state index contributed by atoms with van der Waals surface area (Å²) in [7, 11) is -0.506. The van der Waals surface area contributed by atoms with Crippen LogP contribution in [0.1, 0.15) is 23.3 Å². The maximum atomic E-state index is 13.5. The number of aromatic nitrogens is 6. The third-order valence-electron chi connectivity index (χ3n) is 6.41. The lowest BCUT2D eigenvalue weighted by Gasteiger charge is -2.31. The van der Waals surface area contributed by atoms with Crippen molar-refractivity contribution in [1.82, 2.24) is 33.6 Å². The number of ether oxygens (including phenoxy) is 1. The summed E-state index contributed by atoms with van der Waals surface area (Å²) in [5.41, 5.74) is 0.966. The zero-order valence-corrected chi connectivity index (χ0v) is 20.2. The molecule has 0 radical (unpaired) electrons. The molecular formula is C22H25N7O5S. The van der Waals surface area contributed by atoms with Gasteiger partial charge < -0.3 is 18.8 Å². The first kappa shape index (κ1) is 23.2. The molecule has 1 saturated heterocycles. The standard InChI is InChI=1S/C22H25N7O5S/c1-26-14-23-25-22(26)35(32,33)15-6-9-27(10-7-15)21(31)17-13-16-19(28(17)11-12-34-2)24-18-5-3-4-8-29(18)20(16)30/h3-5,8,13-15H,6-7,9-12H2,1-2H3. The quantitative estimate of drug-likeness (QED) is 0.375. The van der Waals surface area contributed by atoms with Crippen LogP contribution >= 0.6 is 0 Å². The maximum absolute atomic E-state index is 13.5. The molecule has 1 amide bonds. The van der Waals surface area contributed by atoms with E-state index in [1.165, 1.54) is 15.3 Å². The first-order valence-electron chi connectivity index (χ1n) is 11.2. The molecule has 12 nitrogen and oxygen atoms in total. The molecule has 5 rings (SSSR count). The Morgan fingerprint density at radius 2 is 2.00 bits per heavy atom. The average Bonchev–Trinajstić information content (AvgIpc) is 3.46. The molecule has 0 saturated carbocycles. The minimum atomic E-state index is -3.66. The number of hydrogen-bond donors (Lipinski definition) is 0. The molecule has 13 heteroatoms. The van der Waals surface area contributed by atoms with E-state index in [1.807, 2.05) is 0 Å². The SMILES string of the molecule is COCCn1c(C(=O)N2CCC(S(=O)(=O)c3nncn3C)CC2)cc2c(=O)n3ccccc3nc21. The van der Waals surface area contributed by atoms with Crippen LogP contribution in [0, 0.1) is 0 Å². The van der Waals surface area contributed by atoms with Crippen molar-refractivity contribution in [3.63, 3.8) is 0 Å². The van der Waals surface area contributed by atoms with Crippen molar-refractivity contribution in [3.05, 3.63) is 52.8 Å². The molecule has 4 aromatic rings. The lowest BCUT2D eigenvalue weighted by Crippen LogP contribution is -2.43. The van der Waals surface area contributed by atoms with Crippen LogP contribution in [0.4, 0.5) is 0 Å². The molecule has 0 aromatic carbocycles. The van der Waals surface area contributed by atoms with Gasteiger partial charge in [-0.1, -0.05) is 6.07 Å². The number of nitrogens with zero attached hydrogens (tertiary/aromatic N) is 7. The predicted octanol–water partition coefficient (Wildman–Crippen LogP) is 0.503. The van der Waals surface area contributed by atoms with Gasteiger partial charge >= 0.3 is 0 Å². The second-order valence-corrected chi connectivity index (χ2v) is 10.6. The van der Waals surface area contributed by atoms with Crippen molar-refractivity contribution in [2.75, 3.05) is 26.8 Å². The Kier molecular flexibility index (Phi) is 5.89. The second-order valence-electron chi connectivity index (χ2n) is 8.52. The Hall–Kier alpha value is -3.58. The van der Waals surface area contributed by atoms with Crippen molar-refractivity contribution in [2.24, 2.45) is 7.05 Å². The van der Waals surface area contributed by atoms with Gasteiger partial charge in [-0.3, -0.25) is 14.0 Å². The van der Waals surface area contributed by atoms with Gasteiger partial charge in [0, 0.05) is 40.0 Å². The molecule has 1 aliphatic rings. The van der Waals surface area contributed by atoms with Crippen LogP contribution in [-0.4, -0.2) is 80.0 Å². The van der Waals surface area contributed by atoms with Crippen LogP contribution in [0.2, 0.25) is 0 Å². The number of hydrogen-bond acceptors (Lipinski definition) is 8. The molecule has 4 aromatic heterocycles. The average molecular weight is 500 g/mol. The fourth-order valence-electron chi connectivity index (χ4n) is 4.55. The van der Waals surface area contributed by atoms with Gasteiger partial charge in [0.2, 0.25) is 15.0 Å². The van der Waals surface area contributed by atoms with Gasteiger partial charge in [-0.2, -0.15) is 0 Å². The minimum Gasteiger partial charge on any atom is -0.383 e. The highest BCUT2D eigenvalue weighted by Crippen LogP contribution is 2.25. The molecule has 0 N–H and O–H groups in total. The predicted molar refractivity (Wildman–Crippen MR) is 126 cm³/mol. The highest BCUT2D eigenvalue weighted by atomic mass is 32.2. The first-order chi connectivity index (χ1) is 16.8. The van der Waals surface area contributed by atoms with E-state index in [9.17, 15) is 18.0 Å². The third-order valence-corrected chi connectivity index (χ3v) is 8.63. The van der Waals surface area contributed by atoms with E-state index in [-0.39, 0.29) is 42.6 Å². The molecule has 0 unspecified atom stereocenters. The zero-order valence-electron chi connectivity index (χ0n) is 19.4. The summed E-state index contributed by atoms with van der Waals surface area (Å²) in [6, 6.07) is 6.85. The number of fused-ring (bicyclic) bond motifs is 2. The number of pyridine rings is 1. The van der Waals surface area contributed by atoms with E-state index in [0.717, 1.165) is 0 Å². The summed E-state index contributed by atoms with van der Waals surface area (Å²) in [4.78, 5) is 32.9. The molecule has 35 heavy (non-hydrogen) atoms. The lowest BCUT2D eigenvalue weighted by atomic mass is 10.1. The summed E-state index contributed by atoms with van der Waals surface area (Å²) in [5.74, 6) is -0.276. The van der Waals surface area contributed by atoms with E-state index in [0.29, 0.717) is 35.5 Å². The fraction of sp³-hybridized carbons (Fsp3) is 0.409. The van der Waals surface area contributed by atoms with Gasteiger partial charge in [0.25, 0.3) is 11.5 Å². The smallest absolute Gasteiger partial charge is 0.270 e. The second kappa shape index (κ2) is 8.89. The van der Waals surface area contributed by atoms with E-state index in [1.54, 1.807) is 54.1 Å². The summed E-state index contributed by atoms with van der Waals surface area (Å²) in [6.45, 7) is 1.20. The number of likely N-dealkylation sites (tertiary alicyclic amines) is 1. The summed E-state index contributed by atoms with van der Waals surface area (Å²) < 4.78 is 35.7. The van der Waals surface area contributed by atoms with Crippen molar-refractivity contribution in [2.45, 2.75) is 29.8 Å². The molecule has 0 bridgehead atoms. The van der Waals surface area contributed by atoms with Crippen LogP contribution in [0.15, 0.2) is 46.7 Å². The fourth-order valence-corrected chi connectivity index (χ4v) is 6.29. The molecular weight excluding hydrogens is 474 g/mol. The van der Waals surface area contributed by atoms with Crippen LogP contribution in [0.25, 0.3) is 16.7 Å². The van der Waals surface area contributed by atoms with Crippen LogP contribution in [0.3, 0.4) is 0 Å². The molecule has 184 valence electrons. The highest BCUT2D eigenvalue weighted by Gasteiger charge is 2.36. The monoisotopic (exact) mass is 499 g/mol. The number of piperidine rings is 1. The number of carbonyl (C=O) groups excluding carboxylic acids is 1. The Labute approximate surface area is 200 Å². The number of sulfone groups is 1. The van der Waals surface area contributed by atoms with Crippen molar-refractivity contribution < 1.29 is 17.9 Å². The summed E-state index contributed by atoms with van der Waals surface area (Å²) in [6.07, 6.45) is 3.55. The Morgan fingerprint density at radius 3 is 2.69 bits per heavy atom. The van der Waals surface area contributed by atoms with Crippen molar-refractivity contribution in [3.8, 4) is 0 Å². The Balaban J connectivity index is 1.46. The Bertz CT molecular complexity index is 1580. The van der Waals surface area contributed by atoms with Gasteiger partial charge in [-0.05, 0) is 31.0 Å². The number of carbonyl (C=O) groups is 1. The van der Waals surface area contributed by atoms with Crippen LogP contribution in [-0.2, 0) is 28.2 Å². The van der Waals surface area contributed by atoms with Crippen LogP contribution < -0.4 is 5.56 Å². The van der Waals surface area contributed by atoms with Crippen molar-refractivity contribution in [1.29, 1.82) is 0 Å². The number of rotatable bonds is 6. The maximum Gasteiger partial charge on any atom is 0.270 e. The molecule has 5 heterocycles. The van der Waals surface area contributed by atoms with Gasteiger partial charge in [0.15, 0.2) is 0 Å². The van der Waals surface area contributed by atoms with Gasteiger partial charge in [0.1, 0.15) is 23.3 Å². The van der Waals surface area contributed by atoms with Crippen LogP contribution in [0.5, 0.6) is 0 Å². The van der Waals surface area contributed by atoms with E-state index < -0.39 is 15.1 Å². The zero-order chi connectivity index (χ0) is 24.7. The topological polar surface area (TPSA) is 134 Å². The highest BCUT2D eigenvalue weighted by molar-refractivity contribution is 7.91. The van der Waals surface area contributed by atoms with Gasteiger partial charge in [-0.15, -0.1) is 10.2 Å². The largest absolute Gasteiger partial charge is 0.383 e. The minimum absolute atomic E-state index is 0.0689. The molecule has 0 aliphatic carbocycles. The Morgan fingerprint density at radius 1 is 1.23 bits per heavy atom. The van der Waals surface area contributed by atoms with Gasteiger partial charge in [-0.25, -0.2) is 13.4 Å². The lowest BCUT2D eigenvalue weighted by molar-refractivity contribution is 0.0712. The van der Waals surface area contributed by atoms with E-state index in [2.05, 4.69) is 15.2 Å². The van der Waals surface area contributed by atoms with E-state index >= 15 is 0 Å². The number of aryl methyl sites for hydroxylation is 1. The molecule has 1 fully saturated rings. The molecule has 0 atom stereocenters. The van der Waals surface area contributed by atoms with Gasteiger partial charge in [0.05, 0.1) is 17.2 Å².